The number of nitrogens with zero attached hydrogens (tertiary/aromatic N) is 4. The predicted molar refractivity (Wildman–Crippen MR) is 115 cm³/mol. The highest BCUT2D eigenvalue weighted by Crippen LogP contribution is 2.23. The Morgan fingerprint density at radius 3 is 2.54 bits per heavy atom. The number of aromatic nitrogens is 3. The SMILES string of the molecule is CN=C(NCc1ccc(-c2ccc(Br)cc2)o1)NCc1ncnn1C.I. The van der Waals surface area contributed by atoms with Crippen LogP contribution in [0.25, 0.3) is 11.3 Å². The fourth-order valence-corrected chi connectivity index (χ4v) is 2.54. The van der Waals surface area contributed by atoms with Gasteiger partial charge in [-0.2, -0.15) is 5.10 Å². The highest BCUT2D eigenvalue weighted by Gasteiger charge is 2.07. The third-order valence-electron chi connectivity index (χ3n) is 3.66. The summed E-state index contributed by atoms with van der Waals surface area (Å²) in [6, 6.07) is 11.9. The average molecular weight is 531 g/mol. The van der Waals surface area contributed by atoms with Gasteiger partial charge in [-0.3, -0.25) is 9.67 Å². The highest BCUT2D eigenvalue weighted by molar-refractivity contribution is 14.0. The van der Waals surface area contributed by atoms with Crippen molar-refractivity contribution < 1.29 is 4.42 Å². The van der Waals surface area contributed by atoms with Gasteiger partial charge in [0.05, 0.1) is 13.1 Å². The summed E-state index contributed by atoms with van der Waals surface area (Å²) in [7, 11) is 3.58. The molecule has 0 spiro atoms. The molecule has 3 aromatic rings. The van der Waals surface area contributed by atoms with Crippen LogP contribution in [-0.2, 0) is 20.1 Å². The number of hydrogen-bond donors (Lipinski definition) is 2. The van der Waals surface area contributed by atoms with E-state index in [1.54, 1.807) is 11.7 Å². The van der Waals surface area contributed by atoms with Crippen molar-refractivity contribution >= 4 is 45.9 Å². The molecule has 0 amide bonds. The Labute approximate surface area is 177 Å². The van der Waals surface area contributed by atoms with E-state index in [2.05, 4.69) is 41.6 Å². The van der Waals surface area contributed by atoms with E-state index >= 15 is 0 Å². The molecule has 0 fully saturated rings. The Hall–Kier alpha value is -1.88. The minimum atomic E-state index is 0. The number of hydrogen-bond acceptors (Lipinski definition) is 4. The Kier molecular flexibility index (Phi) is 7.64. The number of furan rings is 1. The molecular weight excluding hydrogens is 511 g/mol. The van der Waals surface area contributed by atoms with Crippen LogP contribution in [0.1, 0.15) is 11.6 Å². The molecule has 0 saturated heterocycles. The second kappa shape index (κ2) is 9.72. The van der Waals surface area contributed by atoms with Gasteiger partial charge < -0.3 is 15.1 Å². The lowest BCUT2D eigenvalue weighted by Gasteiger charge is -2.10. The van der Waals surface area contributed by atoms with Gasteiger partial charge >= 0.3 is 0 Å². The lowest BCUT2D eigenvalue weighted by molar-refractivity contribution is 0.513. The van der Waals surface area contributed by atoms with Crippen LogP contribution in [0, 0.1) is 0 Å². The van der Waals surface area contributed by atoms with Gasteiger partial charge in [0, 0.05) is 24.1 Å². The number of aryl methyl sites for hydroxylation is 1. The first-order valence-corrected chi connectivity index (χ1v) is 8.57. The number of guanidine groups is 1. The molecule has 2 N–H and O–H groups in total. The Bertz CT molecular complexity index is 858. The number of halogens is 2. The summed E-state index contributed by atoms with van der Waals surface area (Å²) < 4.78 is 8.65. The Morgan fingerprint density at radius 1 is 1.15 bits per heavy atom. The van der Waals surface area contributed by atoms with Crippen molar-refractivity contribution in [2.24, 2.45) is 12.0 Å². The smallest absolute Gasteiger partial charge is 0.191 e. The van der Waals surface area contributed by atoms with Crippen molar-refractivity contribution in [1.82, 2.24) is 25.4 Å². The molecule has 0 aliphatic carbocycles. The van der Waals surface area contributed by atoms with Gasteiger partial charge in [-0.25, -0.2) is 4.98 Å². The molecule has 0 unspecified atom stereocenters. The second-order valence-electron chi connectivity index (χ2n) is 5.35. The van der Waals surface area contributed by atoms with Crippen LogP contribution in [0.5, 0.6) is 0 Å². The van der Waals surface area contributed by atoms with E-state index in [-0.39, 0.29) is 24.0 Å². The largest absolute Gasteiger partial charge is 0.459 e. The van der Waals surface area contributed by atoms with Crippen LogP contribution in [0.4, 0.5) is 0 Å². The van der Waals surface area contributed by atoms with Crippen LogP contribution in [0.3, 0.4) is 0 Å². The molecular formula is C17H20BrIN6O. The molecule has 3 rings (SSSR count). The van der Waals surface area contributed by atoms with Crippen molar-refractivity contribution in [1.29, 1.82) is 0 Å². The zero-order valence-electron chi connectivity index (χ0n) is 14.4. The summed E-state index contributed by atoms with van der Waals surface area (Å²) in [5.74, 6) is 3.17. The highest BCUT2D eigenvalue weighted by atomic mass is 127. The van der Waals surface area contributed by atoms with Gasteiger partial charge in [0.1, 0.15) is 23.7 Å². The van der Waals surface area contributed by atoms with Crippen LogP contribution in [-0.4, -0.2) is 27.8 Å². The summed E-state index contributed by atoms with van der Waals surface area (Å²) in [6.07, 6.45) is 1.53. The molecule has 138 valence electrons. The monoisotopic (exact) mass is 530 g/mol. The average Bonchev–Trinajstić information content (AvgIpc) is 3.25. The molecule has 26 heavy (non-hydrogen) atoms. The lowest BCUT2D eigenvalue weighted by Crippen LogP contribution is -2.36. The van der Waals surface area contributed by atoms with Crippen molar-refractivity contribution in [3.63, 3.8) is 0 Å². The molecule has 1 aromatic carbocycles. The first-order chi connectivity index (χ1) is 12.2. The maximum atomic E-state index is 5.89. The number of rotatable bonds is 5. The molecule has 9 heteroatoms. The number of nitrogens with one attached hydrogen (secondary N) is 2. The van der Waals surface area contributed by atoms with Crippen molar-refractivity contribution in [2.45, 2.75) is 13.1 Å². The van der Waals surface area contributed by atoms with Gasteiger partial charge in [-0.1, -0.05) is 28.1 Å². The molecule has 0 aliphatic heterocycles. The Balaban J connectivity index is 0.00000243. The molecule has 0 radical (unpaired) electrons. The van der Waals surface area contributed by atoms with E-state index in [0.717, 1.165) is 27.4 Å². The second-order valence-corrected chi connectivity index (χ2v) is 6.27. The van der Waals surface area contributed by atoms with E-state index < -0.39 is 0 Å². The van der Waals surface area contributed by atoms with Gasteiger partial charge in [0.25, 0.3) is 0 Å². The maximum Gasteiger partial charge on any atom is 0.191 e. The molecule has 0 atom stereocenters. The van der Waals surface area contributed by atoms with Crippen molar-refractivity contribution in [3.8, 4) is 11.3 Å². The molecule has 2 aromatic heterocycles. The van der Waals surface area contributed by atoms with E-state index in [9.17, 15) is 0 Å². The molecule has 7 nitrogen and oxygen atoms in total. The van der Waals surface area contributed by atoms with Gasteiger partial charge in [-0.15, -0.1) is 24.0 Å². The fraction of sp³-hybridized carbons (Fsp3) is 0.235. The fourth-order valence-electron chi connectivity index (χ4n) is 2.28. The third kappa shape index (κ3) is 5.31. The Morgan fingerprint density at radius 2 is 1.88 bits per heavy atom. The quantitative estimate of drug-likeness (QED) is 0.300. The molecule has 0 saturated carbocycles. The summed E-state index contributed by atoms with van der Waals surface area (Å²) in [5, 5.41) is 10.5. The zero-order valence-corrected chi connectivity index (χ0v) is 18.4. The van der Waals surface area contributed by atoms with Crippen LogP contribution in [0.2, 0.25) is 0 Å². The van der Waals surface area contributed by atoms with Crippen LogP contribution < -0.4 is 10.6 Å². The summed E-state index contributed by atoms with van der Waals surface area (Å²) in [4.78, 5) is 8.37. The van der Waals surface area contributed by atoms with E-state index in [0.29, 0.717) is 19.0 Å². The minimum Gasteiger partial charge on any atom is -0.459 e. The van der Waals surface area contributed by atoms with Crippen molar-refractivity contribution in [2.75, 3.05) is 7.05 Å². The predicted octanol–water partition coefficient (Wildman–Crippen LogP) is 3.32. The first-order valence-electron chi connectivity index (χ1n) is 7.78. The van der Waals surface area contributed by atoms with Gasteiger partial charge in [0.15, 0.2) is 5.96 Å². The van der Waals surface area contributed by atoms with Gasteiger partial charge in [0.2, 0.25) is 0 Å². The van der Waals surface area contributed by atoms with E-state index in [4.69, 9.17) is 4.42 Å². The zero-order chi connectivity index (χ0) is 17.6. The van der Waals surface area contributed by atoms with Gasteiger partial charge in [-0.05, 0) is 24.3 Å². The lowest BCUT2D eigenvalue weighted by atomic mass is 10.2. The number of benzene rings is 1. The summed E-state index contributed by atoms with van der Waals surface area (Å²) in [5.41, 5.74) is 1.04. The van der Waals surface area contributed by atoms with E-state index in [1.807, 2.05) is 43.4 Å². The molecule has 2 heterocycles. The van der Waals surface area contributed by atoms with Crippen LogP contribution >= 0.6 is 39.9 Å². The summed E-state index contributed by atoms with van der Waals surface area (Å²) >= 11 is 3.43. The first kappa shape index (κ1) is 20.4. The van der Waals surface area contributed by atoms with Crippen molar-refractivity contribution in [3.05, 3.63) is 58.8 Å². The minimum absolute atomic E-state index is 0. The standard InChI is InChI=1S/C17H19BrN6O.HI/c1-19-17(21-10-16-22-11-23-24(16)2)20-9-14-7-8-15(25-14)12-3-5-13(18)6-4-12;/h3-8,11H,9-10H2,1-2H3,(H2,19,20,21);1H. The van der Waals surface area contributed by atoms with E-state index in [1.165, 1.54) is 6.33 Å². The third-order valence-corrected chi connectivity index (χ3v) is 4.19. The molecule has 0 bridgehead atoms. The maximum absolute atomic E-state index is 5.89. The summed E-state index contributed by atoms with van der Waals surface area (Å²) in [6.45, 7) is 1.08. The van der Waals surface area contributed by atoms with Crippen LogP contribution in [0.15, 0.2) is 56.6 Å². The topological polar surface area (TPSA) is 80.3 Å². The molecule has 0 aliphatic rings. The number of aliphatic imine (C=N–C) groups is 1. The normalized spacial score (nSPS) is 11.1.